The van der Waals surface area contributed by atoms with Crippen LogP contribution in [0.3, 0.4) is 0 Å². The van der Waals surface area contributed by atoms with Gasteiger partial charge >= 0.3 is 0 Å². The summed E-state index contributed by atoms with van der Waals surface area (Å²) in [6, 6.07) is 6.19. The van der Waals surface area contributed by atoms with E-state index >= 15 is 0 Å². The third-order valence-corrected chi connectivity index (χ3v) is 2.86. The fourth-order valence-electron chi connectivity index (χ4n) is 2.02. The van der Waals surface area contributed by atoms with Crippen LogP contribution in [0.1, 0.15) is 37.0 Å². The zero-order chi connectivity index (χ0) is 12.2. The Morgan fingerprint density at radius 3 is 2.56 bits per heavy atom. The zero-order valence-corrected chi connectivity index (χ0v) is 10.8. The molecule has 2 heteroatoms. The number of hydrogen-bond donors (Lipinski definition) is 2. The van der Waals surface area contributed by atoms with E-state index in [4.69, 9.17) is 0 Å². The number of aryl methyl sites for hydroxylation is 2. The van der Waals surface area contributed by atoms with Crippen molar-refractivity contribution in [3.63, 3.8) is 0 Å². The molecule has 2 nitrogen and oxygen atoms in total. The molecule has 0 aliphatic heterocycles. The Morgan fingerprint density at radius 1 is 1.31 bits per heavy atom. The van der Waals surface area contributed by atoms with Crippen LogP contribution in [-0.2, 0) is 5.60 Å². The molecule has 2 N–H and O–H groups in total. The summed E-state index contributed by atoms with van der Waals surface area (Å²) in [6.07, 6.45) is 1.09. The zero-order valence-electron chi connectivity index (χ0n) is 10.8. The first-order chi connectivity index (χ1) is 7.47. The molecule has 0 aliphatic carbocycles. The average molecular weight is 221 g/mol. The molecule has 0 radical (unpaired) electrons. The molecule has 1 atom stereocenters. The largest absolute Gasteiger partial charge is 0.384 e. The molecular weight excluding hydrogens is 198 g/mol. The predicted molar refractivity (Wildman–Crippen MR) is 68.6 cm³/mol. The summed E-state index contributed by atoms with van der Waals surface area (Å²) in [5.41, 5.74) is 2.62. The number of aliphatic hydroxyl groups is 1. The van der Waals surface area contributed by atoms with Gasteiger partial charge in [-0.1, -0.05) is 30.7 Å². The molecule has 16 heavy (non-hydrogen) atoms. The molecule has 0 saturated carbocycles. The predicted octanol–water partition coefficient (Wildman–Crippen LogP) is 2.51. The van der Waals surface area contributed by atoms with Gasteiger partial charge < -0.3 is 10.4 Å². The van der Waals surface area contributed by atoms with Crippen molar-refractivity contribution < 1.29 is 5.11 Å². The minimum absolute atomic E-state index is 0.602. The summed E-state index contributed by atoms with van der Waals surface area (Å²) in [5.74, 6) is 0. The van der Waals surface area contributed by atoms with Crippen LogP contribution in [0.25, 0.3) is 0 Å². The number of hydrogen-bond acceptors (Lipinski definition) is 2. The molecule has 0 amide bonds. The quantitative estimate of drug-likeness (QED) is 0.749. The second-order valence-corrected chi connectivity index (χ2v) is 4.77. The lowest BCUT2D eigenvalue weighted by molar-refractivity contribution is 0.0566. The monoisotopic (exact) mass is 221 g/mol. The van der Waals surface area contributed by atoms with E-state index in [0.29, 0.717) is 6.54 Å². The smallest absolute Gasteiger partial charge is 0.0994 e. The molecule has 0 bridgehead atoms. The van der Waals surface area contributed by atoms with E-state index in [1.54, 1.807) is 0 Å². The van der Waals surface area contributed by atoms with Crippen molar-refractivity contribution in [3.05, 3.63) is 34.9 Å². The molecule has 0 spiro atoms. The van der Waals surface area contributed by atoms with Gasteiger partial charge in [-0.3, -0.25) is 0 Å². The van der Waals surface area contributed by atoms with Crippen molar-refractivity contribution in [1.82, 2.24) is 5.32 Å². The molecule has 1 aromatic carbocycles. The molecule has 1 unspecified atom stereocenters. The molecule has 0 saturated heterocycles. The van der Waals surface area contributed by atoms with Crippen LogP contribution in [0.2, 0.25) is 0 Å². The fourth-order valence-corrected chi connectivity index (χ4v) is 2.02. The number of rotatable bonds is 5. The van der Waals surface area contributed by atoms with Crippen molar-refractivity contribution in [3.8, 4) is 0 Å². The lowest BCUT2D eigenvalue weighted by Gasteiger charge is -2.26. The van der Waals surface area contributed by atoms with Gasteiger partial charge in [-0.2, -0.15) is 0 Å². The van der Waals surface area contributed by atoms with Gasteiger partial charge in [-0.15, -0.1) is 0 Å². The van der Waals surface area contributed by atoms with Gasteiger partial charge in [0.2, 0.25) is 0 Å². The van der Waals surface area contributed by atoms with Gasteiger partial charge in [0, 0.05) is 6.54 Å². The maximum absolute atomic E-state index is 10.4. The maximum Gasteiger partial charge on any atom is 0.0994 e. The molecule has 90 valence electrons. The summed E-state index contributed by atoms with van der Waals surface area (Å²) in [5, 5.41) is 13.7. The van der Waals surface area contributed by atoms with Crippen LogP contribution < -0.4 is 5.32 Å². The van der Waals surface area contributed by atoms with Crippen LogP contribution in [0.4, 0.5) is 0 Å². The van der Waals surface area contributed by atoms with E-state index in [2.05, 4.69) is 38.2 Å². The molecule has 1 aromatic rings. The summed E-state index contributed by atoms with van der Waals surface area (Å²) in [6.45, 7) is 9.66. The highest BCUT2D eigenvalue weighted by molar-refractivity contribution is 5.34. The Balaban J connectivity index is 2.80. The van der Waals surface area contributed by atoms with Crippen LogP contribution in [0.5, 0.6) is 0 Å². The summed E-state index contributed by atoms with van der Waals surface area (Å²) >= 11 is 0. The van der Waals surface area contributed by atoms with Gasteiger partial charge in [0.1, 0.15) is 0 Å². The maximum atomic E-state index is 10.4. The standard InChI is InChI=1S/C14H23NO/c1-5-8-15-10-14(4,16)13-7-6-11(2)9-12(13)3/h6-7,9,15-16H,5,8,10H2,1-4H3. The van der Waals surface area contributed by atoms with Crippen molar-refractivity contribution in [2.45, 2.75) is 39.7 Å². The van der Waals surface area contributed by atoms with Crippen molar-refractivity contribution in [2.75, 3.05) is 13.1 Å². The van der Waals surface area contributed by atoms with Gasteiger partial charge in [0.25, 0.3) is 0 Å². The Bertz CT molecular complexity index is 345. The van der Waals surface area contributed by atoms with Crippen LogP contribution in [0, 0.1) is 13.8 Å². The van der Waals surface area contributed by atoms with Crippen LogP contribution in [0.15, 0.2) is 18.2 Å². The lowest BCUT2D eigenvalue weighted by Crippen LogP contribution is -2.36. The lowest BCUT2D eigenvalue weighted by atomic mass is 9.91. The molecule has 0 aromatic heterocycles. The third-order valence-electron chi connectivity index (χ3n) is 2.86. The van der Waals surface area contributed by atoms with E-state index in [9.17, 15) is 5.11 Å². The third kappa shape index (κ3) is 3.32. The van der Waals surface area contributed by atoms with Crippen molar-refractivity contribution >= 4 is 0 Å². The fraction of sp³-hybridized carbons (Fsp3) is 0.571. The van der Waals surface area contributed by atoms with Gasteiger partial charge in [-0.05, 0) is 44.9 Å². The minimum atomic E-state index is -0.785. The normalized spacial score (nSPS) is 14.8. The number of benzene rings is 1. The Kier molecular flexibility index (Phi) is 4.51. The summed E-state index contributed by atoms with van der Waals surface area (Å²) < 4.78 is 0. The highest BCUT2D eigenvalue weighted by Gasteiger charge is 2.23. The van der Waals surface area contributed by atoms with E-state index in [0.717, 1.165) is 24.1 Å². The SMILES string of the molecule is CCCNCC(C)(O)c1ccc(C)cc1C. The van der Waals surface area contributed by atoms with E-state index < -0.39 is 5.60 Å². The Labute approximate surface area is 98.7 Å². The van der Waals surface area contributed by atoms with Crippen molar-refractivity contribution in [1.29, 1.82) is 0 Å². The molecule has 0 fully saturated rings. The first-order valence-corrected chi connectivity index (χ1v) is 5.98. The first kappa shape index (κ1) is 13.2. The summed E-state index contributed by atoms with van der Waals surface area (Å²) in [7, 11) is 0. The second kappa shape index (κ2) is 5.46. The second-order valence-electron chi connectivity index (χ2n) is 4.77. The van der Waals surface area contributed by atoms with Crippen LogP contribution in [-0.4, -0.2) is 18.2 Å². The van der Waals surface area contributed by atoms with Crippen molar-refractivity contribution in [2.24, 2.45) is 0 Å². The average Bonchev–Trinajstić information content (AvgIpc) is 2.17. The van der Waals surface area contributed by atoms with Gasteiger partial charge in [-0.25, -0.2) is 0 Å². The topological polar surface area (TPSA) is 32.3 Å². The van der Waals surface area contributed by atoms with Gasteiger partial charge in [0.15, 0.2) is 0 Å². The highest BCUT2D eigenvalue weighted by Crippen LogP contribution is 2.24. The van der Waals surface area contributed by atoms with E-state index in [-0.39, 0.29) is 0 Å². The van der Waals surface area contributed by atoms with Crippen LogP contribution >= 0.6 is 0 Å². The van der Waals surface area contributed by atoms with Gasteiger partial charge in [0.05, 0.1) is 5.60 Å². The molecule has 0 heterocycles. The minimum Gasteiger partial charge on any atom is -0.384 e. The first-order valence-electron chi connectivity index (χ1n) is 5.98. The van der Waals surface area contributed by atoms with E-state index in [1.807, 2.05) is 13.0 Å². The molecule has 1 rings (SSSR count). The summed E-state index contributed by atoms with van der Waals surface area (Å²) in [4.78, 5) is 0. The Morgan fingerprint density at radius 2 is 2.00 bits per heavy atom. The highest BCUT2D eigenvalue weighted by atomic mass is 16.3. The number of nitrogens with one attached hydrogen (secondary N) is 1. The Hall–Kier alpha value is -0.860. The molecular formula is C14H23NO. The van der Waals surface area contributed by atoms with E-state index in [1.165, 1.54) is 5.56 Å². The molecule has 0 aliphatic rings.